The zero-order chi connectivity index (χ0) is 15.5. The van der Waals surface area contributed by atoms with Gasteiger partial charge in [-0.2, -0.15) is 0 Å². The van der Waals surface area contributed by atoms with Crippen LogP contribution in [-0.4, -0.2) is 30.5 Å². The zero-order valence-corrected chi connectivity index (χ0v) is 16.0. The molecule has 0 aliphatic heterocycles. The van der Waals surface area contributed by atoms with Gasteiger partial charge in [0, 0.05) is 25.7 Å². The van der Waals surface area contributed by atoms with Crippen LogP contribution in [0, 0.1) is 0 Å². The molecule has 0 aliphatic carbocycles. The van der Waals surface area contributed by atoms with Crippen LogP contribution >= 0.6 is 48.0 Å². The van der Waals surface area contributed by atoms with E-state index in [2.05, 4.69) is 15.6 Å². The molecule has 0 spiro atoms. The van der Waals surface area contributed by atoms with Crippen LogP contribution in [0.25, 0.3) is 0 Å². The summed E-state index contributed by atoms with van der Waals surface area (Å²) in [6.45, 7) is 1.81. The fourth-order valence-electron chi connectivity index (χ4n) is 1.80. The van der Waals surface area contributed by atoms with Gasteiger partial charge in [0.05, 0.1) is 10.0 Å². The number of amides is 1. The number of carbonyl (C=O) groups excluding carboxylic acids is 1. The lowest BCUT2D eigenvalue weighted by molar-refractivity contribution is -0.121. The van der Waals surface area contributed by atoms with E-state index < -0.39 is 0 Å². The van der Waals surface area contributed by atoms with Crippen LogP contribution in [0.2, 0.25) is 10.0 Å². The fraction of sp³-hybridized carbons (Fsp3) is 0.571. The molecule has 0 saturated heterocycles. The fourth-order valence-corrected chi connectivity index (χ4v) is 2.25. The maximum Gasteiger partial charge on any atom is 0.220 e. The van der Waals surface area contributed by atoms with Crippen molar-refractivity contribution in [1.29, 1.82) is 0 Å². The number of hydrogen-bond donors (Lipinski definition) is 3. The van der Waals surface area contributed by atoms with Crippen molar-refractivity contribution in [3.8, 4) is 0 Å². The second-order valence-electron chi connectivity index (χ2n) is 4.71. The Morgan fingerprint density at radius 2 is 1.83 bits per heavy atom. The van der Waals surface area contributed by atoms with Gasteiger partial charge in [0.25, 0.3) is 0 Å². The van der Waals surface area contributed by atoms with Gasteiger partial charge in [-0.05, 0) is 25.5 Å². The van der Waals surface area contributed by atoms with Crippen LogP contribution in [0.4, 0.5) is 5.82 Å². The Labute approximate surface area is 159 Å². The van der Waals surface area contributed by atoms with E-state index in [1.54, 1.807) is 6.07 Å². The average molecular weight is 406 g/mol. The van der Waals surface area contributed by atoms with Gasteiger partial charge in [-0.1, -0.05) is 36.0 Å². The Hall–Kier alpha value is -0.460. The van der Waals surface area contributed by atoms with E-state index in [4.69, 9.17) is 28.9 Å². The molecule has 0 unspecified atom stereocenters. The summed E-state index contributed by atoms with van der Waals surface area (Å²) in [5.74, 6) is 0.636. The van der Waals surface area contributed by atoms with Gasteiger partial charge in [0.1, 0.15) is 5.82 Å². The molecule has 0 fully saturated rings. The first-order valence-corrected chi connectivity index (χ1v) is 7.90. The third kappa shape index (κ3) is 11.7. The van der Waals surface area contributed by atoms with Crippen molar-refractivity contribution < 1.29 is 4.79 Å². The second kappa shape index (κ2) is 15.1. The molecule has 134 valence electrons. The van der Waals surface area contributed by atoms with E-state index in [9.17, 15) is 4.79 Å². The van der Waals surface area contributed by atoms with Crippen molar-refractivity contribution in [3.63, 3.8) is 0 Å². The van der Waals surface area contributed by atoms with Crippen LogP contribution < -0.4 is 16.4 Å². The second-order valence-corrected chi connectivity index (χ2v) is 5.56. The molecule has 9 heteroatoms. The van der Waals surface area contributed by atoms with Gasteiger partial charge in [0.15, 0.2) is 0 Å². The molecule has 0 radical (unpaired) electrons. The van der Waals surface area contributed by atoms with Crippen molar-refractivity contribution in [1.82, 2.24) is 10.3 Å². The summed E-state index contributed by atoms with van der Waals surface area (Å²) in [7, 11) is 0. The number of unbranched alkanes of at least 4 members (excludes halogenated alkanes) is 3. The molecule has 5 nitrogen and oxygen atoms in total. The number of carbonyl (C=O) groups is 1. The minimum Gasteiger partial charge on any atom is -0.367 e. The third-order valence-electron chi connectivity index (χ3n) is 2.91. The Kier molecular flexibility index (Phi) is 16.3. The summed E-state index contributed by atoms with van der Waals surface area (Å²) in [6, 6.07) is 1.62. The first kappa shape index (κ1) is 24.8. The number of hydrogen-bond acceptors (Lipinski definition) is 4. The average Bonchev–Trinajstić information content (AvgIpc) is 2.45. The molecule has 0 bridgehead atoms. The summed E-state index contributed by atoms with van der Waals surface area (Å²) in [5.41, 5.74) is 5.41. The molecule has 0 aromatic carbocycles. The summed E-state index contributed by atoms with van der Waals surface area (Å²) >= 11 is 11.7. The van der Waals surface area contributed by atoms with E-state index in [1.165, 1.54) is 6.20 Å². The Balaban J connectivity index is 0. The Morgan fingerprint density at radius 1 is 1.13 bits per heavy atom. The summed E-state index contributed by atoms with van der Waals surface area (Å²) < 4.78 is 0. The maximum absolute atomic E-state index is 11.6. The smallest absolute Gasteiger partial charge is 0.220 e. The zero-order valence-electron chi connectivity index (χ0n) is 12.8. The van der Waals surface area contributed by atoms with E-state index in [0.29, 0.717) is 35.4 Å². The predicted octanol–water partition coefficient (Wildman–Crippen LogP) is 3.67. The van der Waals surface area contributed by atoms with Gasteiger partial charge in [0.2, 0.25) is 5.91 Å². The summed E-state index contributed by atoms with van der Waals surface area (Å²) in [5, 5.41) is 6.86. The van der Waals surface area contributed by atoms with Crippen molar-refractivity contribution >= 4 is 59.7 Å². The lowest BCUT2D eigenvalue weighted by atomic mass is 10.1. The number of nitrogens with two attached hydrogens (primary N) is 1. The van der Waals surface area contributed by atoms with Crippen LogP contribution in [-0.2, 0) is 4.79 Å². The Morgan fingerprint density at radius 3 is 2.48 bits per heavy atom. The SMILES string of the molecule is Cl.Cl.NCCCCCCC(=O)NCCNc1ncc(Cl)cc1Cl. The summed E-state index contributed by atoms with van der Waals surface area (Å²) in [4.78, 5) is 15.7. The summed E-state index contributed by atoms with van der Waals surface area (Å²) in [6.07, 6.45) is 6.16. The van der Waals surface area contributed by atoms with E-state index >= 15 is 0 Å². The molecule has 0 atom stereocenters. The monoisotopic (exact) mass is 404 g/mol. The van der Waals surface area contributed by atoms with Crippen LogP contribution in [0.15, 0.2) is 12.3 Å². The predicted molar refractivity (Wildman–Crippen MR) is 102 cm³/mol. The molecule has 23 heavy (non-hydrogen) atoms. The number of nitrogens with zero attached hydrogens (tertiary/aromatic N) is 1. The molecule has 1 aromatic rings. The first-order chi connectivity index (χ1) is 10.1. The van der Waals surface area contributed by atoms with Gasteiger partial charge in [-0.25, -0.2) is 4.98 Å². The van der Waals surface area contributed by atoms with E-state index in [-0.39, 0.29) is 30.7 Å². The number of pyridine rings is 1. The lowest BCUT2D eigenvalue weighted by Crippen LogP contribution is -2.28. The van der Waals surface area contributed by atoms with E-state index in [1.807, 2.05) is 0 Å². The molecule has 1 aromatic heterocycles. The number of nitrogens with one attached hydrogen (secondary N) is 2. The standard InChI is InChI=1S/C14H22Cl2N4O.2ClH/c15-11-9-12(16)14(20-10-11)19-8-7-18-13(21)5-3-1-2-4-6-17;;/h9-10H,1-8,17H2,(H,18,21)(H,19,20);2*1H. The first-order valence-electron chi connectivity index (χ1n) is 7.15. The van der Waals surface area contributed by atoms with Gasteiger partial charge < -0.3 is 16.4 Å². The quantitative estimate of drug-likeness (QED) is 0.518. The molecular weight excluding hydrogens is 382 g/mol. The topological polar surface area (TPSA) is 80.0 Å². The highest BCUT2D eigenvalue weighted by Gasteiger charge is 2.03. The largest absolute Gasteiger partial charge is 0.367 e. The highest BCUT2D eigenvalue weighted by atomic mass is 35.5. The highest BCUT2D eigenvalue weighted by Crippen LogP contribution is 2.21. The van der Waals surface area contributed by atoms with E-state index in [0.717, 1.165) is 32.2 Å². The lowest BCUT2D eigenvalue weighted by Gasteiger charge is -2.08. The maximum atomic E-state index is 11.6. The van der Waals surface area contributed by atoms with Crippen molar-refractivity contribution in [2.75, 3.05) is 25.0 Å². The minimum absolute atomic E-state index is 0. The van der Waals surface area contributed by atoms with Gasteiger partial charge in [-0.15, -0.1) is 24.8 Å². The molecule has 0 aliphatic rings. The Bertz CT molecular complexity index is 449. The van der Waals surface area contributed by atoms with Crippen molar-refractivity contribution in [2.45, 2.75) is 32.1 Å². The molecule has 0 saturated carbocycles. The number of rotatable bonds is 10. The molecule has 1 rings (SSSR count). The van der Waals surface area contributed by atoms with Gasteiger partial charge >= 0.3 is 0 Å². The minimum atomic E-state index is 0. The number of aromatic nitrogens is 1. The van der Waals surface area contributed by atoms with Crippen LogP contribution in [0.1, 0.15) is 32.1 Å². The van der Waals surface area contributed by atoms with Crippen molar-refractivity contribution in [3.05, 3.63) is 22.3 Å². The number of anilines is 1. The molecular formula is C14H24Cl4N4O. The third-order valence-corrected chi connectivity index (χ3v) is 3.40. The molecule has 4 N–H and O–H groups in total. The van der Waals surface area contributed by atoms with Crippen LogP contribution in [0.5, 0.6) is 0 Å². The molecule has 1 heterocycles. The number of halogens is 4. The highest BCUT2D eigenvalue weighted by molar-refractivity contribution is 6.35. The normalized spacial score (nSPS) is 9.52. The van der Waals surface area contributed by atoms with Crippen molar-refractivity contribution in [2.24, 2.45) is 5.73 Å². The molecule has 1 amide bonds. The van der Waals surface area contributed by atoms with Gasteiger partial charge in [-0.3, -0.25) is 4.79 Å². The van der Waals surface area contributed by atoms with Crippen LogP contribution in [0.3, 0.4) is 0 Å².